The third-order valence-corrected chi connectivity index (χ3v) is 7.32. The van der Waals surface area contributed by atoms with Gasteiger partial charge in [-0.2, -0.15) is 9.61 Å². The number of fused-ring (bicyclic) bond motifs is 2. The van der Waals surface area contributed by atoms with Crippen LogP contribution in [-0.2, 0) is 5.41 Å². The minimum Gasteiger partial charge on any atom is -0.352 e. The van der Waals surface area contributed by atoms with Crippen LogP contribution < -0.4 is 5.32 Å². The maximum Gasteiger partial charge on any atom is 0.251 e. The van der Waals surface area contributed by atoms with Gasteiger partial charge in [0.15, 0.2) is 0 Å². The van der Waals surface area contributed by atoms with Crippen molar-refractivity contribution in [3.05, 3.63) is 90.0 Å². The van der Waals surface area contributed by atoms with Crippen molar-refractivity contribution in [1.29, 1.82) is 0 Å². The molecule has 7 heteroatoms. The molecule has 2 fully saturated rings. The first kappa shape index (κ1) is 20.3. The summed E-state index contributed by atoms with van der Waals surface area (Å²) in [5, 5.41) is 9.07. The van der Waals surface area contributed by atoms with E-state index in [9.17, 15) is 4.79 Å². The number of aromatic nitrogens is 5. The van der Waals surface area contributed by atoms with Crippen LogP contribution in [0.15, 0.2) is 73.2 Å². The minimum atomic E-state index is -0.111. The van der Waals surface area contributed by atoms with E-state index in [1.807, 2.05) is 47.2 Å². The molecule has 1 amide bonds. The van der Waals surface area contributed by atoms with Gasteiger partial charge in [-0.05, 0) is 67.5 Å². The summed E-state index contributed by atoms with van der Waals surface area (Å²) in [6.07, 6.45) is 10.0. The fourth-order valence-electron chi connectivity index (χ4n) is 4.88. The van der Waals surface area contributed by atoms with Gasteiger partial charge in [-0.15, -0.1) is 0 Å². The molecule has 172 valence electrons. The number of hydrogen-bond donors (Lipinski definition) is 1. The fourth-order valence-corrected chi connectivity index (χ4v) is 4.88. The zero-order valence-corrected chi connectivity index (χ0v) is 19.2. The number of carbonyl (C=O) groups is 1. The van der Waals surface area contributed by atoms with E-state index in [1.54, 1.807) is 6.20 Å². The topological polar surface area (TPSA) is 85.1 Å². The smallest absolute Gasteiger partial charge is 0.251 e. The molecule has 7 nitrogen and oxygen atoms in total. The summed E-state index contributed by atoms with van der Waals surface area (Å²) < 4.78 is 1.88. The molecule has 0 saturated heterocycles. The second kappa shape index (κ2) is 7.70. The van der Waals surface area contributed by atoms with Gasteiger partial charge in [0.25, 0.3) is 11.7 Å². The molecule has 0 bridgehead atoms. The minimum absolute atomic E-state index is 0.0249. The Morgan fingerprint density at radius 1 is 1.00 bits per heavy atom. The van der Waals surface area contributed by atoms with E-state index in [-0.39, 0.29) is 11.3 Å². The molecule has 2 aliphatic rings. The lowest BCUT2D eigenvalue weighted by atomic mass is 9.91. The van der Waals surface area contributed by atoms with Crippen LogP contribution in [0.25, 0.3) is 27.9 Å². The molecule has 0 radical (unpaired) electrons. The summed E-state index contributed by atoms with van der Waals surface area (Å²) in [7, 11) is 0. The van der Waals surface area contributed by atoms with E-state index in [2.05, 4.69) is 44.5 Å². The van der Waals surface area contributed by atoms with Crippen LogP contribution >= 0.6 is 0 Å². The standard InChI is InChI=1S/C28H24N6O/c35-26(30-15-18-3-4-18)20-7-5-19(6-8-20)24-16-31-27-32-17-25(34(27)33-24)28(11-12-28)22-9-10-23-21(14-22)2-1-13-29-23/h1-2,5-10,13-14,16-18H,3-4,11-12,15H2,(H,30,35). The van der Waals surface area contributed by atoms with Crippen molar-refractivity contribution in [2.75, 3.05) is 6.54 Å². The number of carbonyl (C=O) groups excluding carboxylic acids is 1. The lowest BCUT2D eigenvalue weighted by Gasteiger charge is -2.16. The largest absolute Gasteiger partial charge is 0.352 e. The van der Waals surface area contributed by atoms with Crippen molar-refractivity contribution < 1.29 is 4.79 Å². The van der Waals surface area contributed by atoms with Gasteiger partial charge in [-0.3, -0.25) is 9.78 Å². The Bertz CT molecular complexity index is 1580. The molecule has 0 aliphatic heterocycles. The van der Waals surface area contributed by atoms with Crippen LogP contribution in [0.5, 0.6) is 0 Å². The van der Waals surface area contributed by atoms with Gasteiger partial charge in [-0.1, -0.05) is 24.3 Å². The van der Waals surface area contributed by atoms with Gasteiger partial charge in [0.1, 0.15) is 5.69 Å². The third kappa shape index (κ3) is 3.55. The maximum atomic E-state index is 12.4. The highest BCUT2D eigenvalue weighted by Crippen LogP contribution is 2.53. The first-order chi connectivity index (χ1) is 17.2. The molecule has 35 heavy (non-hydrogen) atoms. The Balaban J connectivity index is 1.21. The molecule has 0 unspecified atom stereocenters. The Labute approximate surface area is 202 Å². The molecule has 2 aromatic carbocycles. The highest BCUT2D eigenvalue weighted by molar-refractivity contribution is 5.94. The normalized spacial score (nSPS) is 16.5. The average molecular weight is 461 g/mol. The number of imidazole rings is 1. The predicted molar refractivity (Wildman–Crippen MR) is 133 cm³/mol. The summed E-state index contributed by atoms with van der Waals surface area (Å²) in [4.78, 5) is 26.0. The lowest BCUT2D eigenvalue weighted by Crippen LogP contribution is -2.25. The van der Waals surface area contributed by atoms with Crippen molar-refractivity contribution in [1.82, 2.24) is 29.9 Å². The highest BCUT2D eigenvalue weighted by Gasteiger charge is 2.48. The molecule has 7 rings (SSSR count). The Morgan fingerprint density at radius 3 is 2.63 bits per heavy atom. The maximum absolute atomic E-state index is 12.4. The van der Waals surface area contributed by atoms with Crippen molar-refractivity contribution in [3.63, 3.8) is 0 Å². The Morgan fingerprint density at radius 2 is 1.83 bits per heavy atom. The second-order valence-electron chi connectivity index (χ2n) is 9.72. The summed E-state index contributed by atoms with van der Waals surface area (Å²) in [5.74, 6) is 1.22. The highest BCUT2D eigenvalue weighted by atomic mass is 16.1. The van der Waals surface area contributed by atoms with Crippen LogP contribution in [0, 0.1) is 5.92 Å². The predicted octanol–water partition coefficient (Wildman–Crippen LogP) is 4.56. The molecular weight excluding hydrogens is 436 g/mol. The molecule has 3 aromatic heterocycles. The van der Waals surface area contributed by atoms with Crippen molar-refractivity contribution in [2.24, 2.45) is 5.92 Å². The molecule has 0 atom stereocenters. The SMILES string of the molecule is O=C(NCC1CC1)c1ccc(-c2cnc3ncc(C4(c5ccc6ncccc6c5)CC4)n3n2)cc1. The molecule has 0 spiro atoms. The Hall–Kier alpha value is -4.13. The van der Waals surface area contributed by atoms with Crippen LogP contribution in [0.3, 0.4) is 0 Å². The summed E-state index contributed by atoms with van der Waals surface area (Å²) in [6, 6.07) is 18.1. The number of nitrogens with one attached hydrogen (secondary N) is 1. The van der Waals surface area contributed by atoms with E-state index >= 15 is 0 Å². The third-order valence-electron chi connectivity index (χ3n) is 7.32. The molecule has 2 saturated carbocycles. The molecular formula is C28H24N6O. The average Bonchev–Trinajstić information content (AvgIpc) is 3.85. The lowest BCUT2D eigenvalue weighted by molar-refractivity contribution is 0.0952. The number of rotatable bonds is 6. The number of pyridine rings is 1. The molecule has 3 heterocycles. The fraction of sp³-hybridized carbons (Fsp3) is 0.250. The number of nitrogens with zero attached hydrogens (tertiary/aromatic N) is 5. The van der Waals surface area contributed by atoms with Crippen molar-refractivity contribution in [2.45, 2.75) is 31.1 Å². The second-order valence-corrected chi connectivity index (χ2v) is 9.72. The van der Waals surface area contributed by atoms with E-state index in [4.69, 9.17) is 5.10 Å². The zero-order valence-electron chi connectivity index (χ0n) is 19.2. The zero-order chi connectivity index (χ0) is 23.4. The molecule has 5 aromatic rings. The van der Waals surface area contributed by atoms with E-state index < -0.39 is 0 Å². The number of benzene rings is 2. The van der Waals surface area contributed by atoms with Gasteiger partial charge < -0.3 is 5.32 Å². The van der Waals surface area contributed by atoms with Gasteiger partial charge in [0, 0.05) is 34.7 Å². The molecule has 2 aliphatic carbocycles. The van der Waals surface area contributed by atoms with E-state index in [1.165, 1.54) is 18.4 Å². The van der Waals surface area contributed by atoms with Crippen molar-refractivity contribution in [3.8, 4) is 11.3 Å². The van der Waals surface area contributed by atoms with Gasteiger partial charge in [0.05, 0.1) is 23.6 Å². The van der Waals surface area contributed by atoms with E-state index in [0.717, 1.165) is 47.2 Å². The summed E-state index contributed by atoms with van der Waals surface area (Å²) >= 11 is 0. The summed E-state index contributed by atoms with van der Waals surface area (Å²) in [5.41, 5.74) is 5.53. The van der Waals surface area contributed by atoms with Crippen LogP contribution in [0.2, 0.25) is 0 Å². The monoisotopic (exact) mass is 460 g/mol. The van der Waals surface area contributed by atoms with Crippen molar-refractivity contribution >= 4 is 22.6 Å². The first-order valence-corrected chi connectivity index (χ1v) is 12.1. The van der Waals surface area contributed by atoms with Crippen LogP contribution in [0.4, 0.5) is 0 Å². The van der Waals surface area contributed by atoms with Gasteiger partial charge in [-0.25, -0.2) is 9.97 Å². The van der Waals surface area contributed by atoms with Crippen LogP contribution in [0.1, 0.15) is 47.3 Å². The number of hydrogen-bond acceptors (Lipinski definition) is 5. The Kier molecular flexibility index (Phi) is 4.46. The first-order valence-electron chi connectivity index (χ1n) is 12.1. The van der Waals surface area contributed by atoms with Gasteiger partial charge >= 0.3 is 0 Å². The van der Waals surface area contributed by atoms with Crippen LogP contribution in [-0.4, -0.2) is 37.0 Å². The molecule has 1 N–H and O–H groups in total. The quantitative estimate of drug-likeness (QED) is 0.402. The van der Waals surface area contributed by atoms with Gasteiger partial charge in [0.2, 0.25) is 0 Å². The number of amides is 1. The summed E-state index contributed by atoms with van der Waals surface area (Å²) in [6.45, 7) is 0.765. The van der Waals surface area contributed by atoms with E-state index in [0.29, 0.717) is 17.3 Å².